The number of rotatable bonds is 1. The molecule has 0 saturated carbocycles. The maximum Gasteiger partial charge on any atom is 0.242 e. The number of nitrogens with one attached hydrogen (secondary N) is 1. The Morgan fingerprint density at radius 3 is 2.53 bits per heavy atom. The molecule has 0 aromatic carbocycles. The zero-order chi connectivity index (χ0) is 10.5. The summed E-state index contributed by atoms with van der Waals surface area (Å²) in [5.41, 5.74) is 0. The summed E-state index contributed by atoms with van der Waals surface area (Å²) in [5.74, 6) is 0.233. The summed E-state index contributed by atoms with van der Waals surface area (Å²) in [4.78, 5) is 14.1. The van der Waals surface area contributed by atoms with Crippen LogP contribution < -0.4 is 5.32 Å². The SMILES string of the molecule is O=C(C1COCCN1)N1CCCCCC1. The minimum absolute atomic E-state index is 0.100. The Labute approximate surface area is 91.0 Å². The van der Waals surface area contributed by atoms with E-state index in [2.05, 4.69) is 5.32 Å². The topological polar surface area (TPSA) is 41.6 Å². The van der Waals surface area contributed by atoms with Gasteiger partial charge in [0.2, 0.25) is 5.91 Å². The van der Waals surface area contributed by atoms with E-state index in [0.29, 0.717) is 6.61 Å². The summed E-state index contributed by atoms with van der Waals surface area (Å²) in [6, 6.07) is -0.100. The van der Waals surface area contributed by atoms with Crippen LogP contribution in [0.15, 0.2) is 0 Å². The fraction of sp³-hybridized carbons (Fsp3) is 0.909. The minimum atomic E-state index is -0.100. The van der Waals surface area contributed by atoms with Crippen molar-refractivity contribution in [2.45, 2.75) is 31.7 Å². The van der Waals surface area contributed by atoms with Gasteiger partial charge in [-0.3, -0.25) is 4.79 Å². The molecule has 0 aromatic heterocycles. The molecule has 2 aliphatic heterocycles. The Bertz CT molecular complexity index is 207. The Kier molecular flexibility index (Phi) is 3.97. The molecule has 2 fully saturated rings. The first-order valence-electron chi connectivity index (χ1n) is 5.98. The lowest BCUT2D eigenvalue weighted by Gasteiger charge is -2.29. The van der Waals surface area contributed by atoms with Gasteiger partial charge in [-0.2, -0.15) is 0 Å². The first-order valence-corrected chi connectivity index (χ1v) is 5.98. The molecule has 1 atom stereocenters. The zero-order valence-corrected chi connectivity index (χ0v) is 9.21. The summed E-state index contributed by atoms with van der Waals surface area (Å²) in [5, 5.41) is 3.22. The van der Waals surface area contributed by atoms with E-state index in [1.54, 1.807) is 0 Å². The molecular weight excluding hydrogens is 192 g/mol. The summed E-state index contributed by atoms with van der Waals surface area (Å²) in [6.07, 6.45) is 4.83. The second-order valence-electron chi connectivity index (χ2n) is 4.32. The van der Waals surface area contributed by atoms with Gasteiger partial charge in [0.15, 0.2) is 0 Å². The molecule has 2 saturated heterocycles. The minimum Gasteiger partial charge on any atom is -0.378 e. The van der Waals surface area contributed by atoms with Crippen LogP contribution in [0.2, 0.25) is 0 Å². The smallest absolute Gasteiger partial charge is 0.242 e. The molecule has 0 aromatic rings. The number of carbonyl (C=O) groups excluding carboxylic acids is 1. The van der Waals surface area contributed by atoms with E-state index in [-0.39, 0.29) is 11.9 Å². The lowest BCUT2D eigenvalue weighted by Crippen LogP contribution is -2.52. The molecule has 1 unspecified atom stereocenters. The second kappa shape index (κ2) is 5.47. The molecule has 2 rings (SSSR count). The number of amides is 1. The Morgan fingerprint density at radius 1 is 1.20 bits per heavy atom. The van der Waals surface area contributed by atoms with Crippen molar-refractivity contribution in [1.29, 1.82) is 0 Å². The van der Waals surface area contributed by atoms with Crippen LogP contribution in [0.5, 0.6) is 0 Å². The van der Waals surface area contributed by atoms with Crippen molar-refractivity contribution in [3.63, 3.8) is 0 Å². The third-order valence-corrected chi connectivity index (χ3v) is 3.14. The Balaban J connectivity index is 1.87. The number of morpholine rings is 1. The van der Waals surface area contributed by atoms with Crippen LogP contribution in [-0.4, -0.2) is 49.7 Å². The van der Waals surface area contributed by atoms with Crippen LogP contribution in [0.1, 0.15) is 25.7 Å². The predicted octanol–water partition coefficient (Wildman–Crippen LogP) is 0.377. The molecular formula is C11H20N2O2. The molecule has 4 heteroatoms. The van der Waals surface area contributed by atoms with Crippen LogP contribution in [0.4, 0.5) is 0 Å². The summed E-state index contributed by atoms with van der Waals surface area (Å²) >= 11 is 0. The molecule has 1 N–H and O–H groups in total. The molecule has 86 valence electrons. The molecule has 4 nitrogen and oxygen atoms in total. The van der Waals surface area contributed by atoms with Gasteiger partial charge < -0.3 is 15.0 Å². The van der Waals surface area contributed by atoms with Gasteiger partial charge in [0.1, 0.15) is 6.04 Å². The number of hydrogen-bond acceptors (Lipinski definition) is 3. The fourth-order valence-electron chi connectivity index (χ4n) is 2.24. The quantitative estimate of drug-likeness (QED) is 0.683. The van der Waals surface area contributed by atoms with Crippen molar-refractivity contribution in [3.05, 3.63) is 0 Å². The lowest BCUT2D eigenvalue weighted by atomic mass is 10.2. The largest absolute Gasteiger partial charge is 0.378 e. The number of carbonyl (C=O) groups is 1. The summed E-state index contributed by atoms with van der Waals surface area (Å²) in [6.45, 7) is 3.91. The lowest BCUT2D eigenvalue weighted by molar-refractivity contribution is -0.136. The third kappa shape index (κ3) is 2.92. The monoisotopic (exact) mass is 212 g/mol. The van der Waals surface area contributed by atoms with Crippen LogP contribution in [-0.2, 0) is 9.53 Å². The van der Waals surface area contributed by atoms with Gasteiger partial charge in [0.25, 0.3) is 0 Å². The maximum absolute atomic E-state index is 12.1. The zero-order valence-electron chi connectivity index (χ0n) is 9.21. The fourth-order valence-corrected chi connectivity index (χ4v) is 2.24. The number of likely N-dealkylation sites (tertiary alicyclic amines) is 1. The first-order chi connectivity index (χ1) is 7.38. The molecule has 0 radical (unpaired) electrons. The molecule has 1 amide bonds. The molecule has 15 heavy (non-hydrogen) atoms. The molecule has 2 aliphatic rings. The van der Waals surface area contributed by atoms with E-state index in [0.717, 1.165) is 39.1 Å². The van der Waals surface area contributed by atoms with Crippen LogP contribution in [0.3, 0.4) is 0 Å². The van der Waals surface area contributed by atoms with Gasteiger partial charge >= 0.3 is 0 Å². The van der Waals surface area contributed by atoms with Crippen molar-refractivity contribution >= 4 is 5.91 Å². The van der Waals surface area contributed by atoms with E-state index in [1.807, 2.05) is 4.90 Å². The number of ether oxygens (including phenoxy) is 1. The first kappa shape index (κ1) is 10.9. The van der Waals surface area contributed by atoms with E-state index in [1.165, 1.54) is 12.8 Å². The van der Waals surface area contributed by atoms with E-state index < -0.39 is 0 Å². The van der Waals surface area contributed by atoms with Crippen LogP contribution >= 0.6 is 0 Å². The predicted molar refractivity (Wildman–Crippen MR) is 57.7 cm³/mol. The Hall–Kier alpha value is -0.610. The van der Waals surface area contributed by atoms with Gasteiger partial charge in [-0.05, 0) is 12.8 Å². The maximum atomic E-state index is 12.1. The Morgan fingerprint density at radius 2 is 1.93 bits per heavy atom. The van der Waals surface area contributed by atoms with E-state index in [4.69, 9.17) is 4.74 Å². The van der Waals surface area contributed by atoms with Crippen LogP contribution in [0.25, 0.3) is 0 Å². The van der Waals surface area contributed by atoms with E-state index >= 15 is 0 Å². The van der Waals surface area contributed by atoms with Crippen molar-refractivity contribution in [2.75, 3.05) is 32.8 Å². The second-order valence-corrected chi connectivity index (χ2v) is 4.32. The standard InChI is InChI=1S/C11H20N2O2/c14-11(10-9-15-8-5-12-10)13-6-3-1-2-4-7-13/h10,12H,1-9H2. The van der Waals surface area contributed by atoms with Crippen molar-refractivity contribution in [3.8, 4) is 0 Å². The molecule has 0 spiro atoms. The average Bonchev–Trinajstić information content (AvgIpc) is 2.58. The van der Waals surface area contributed by atoms with Crippen molar-refractivity contribution in [1.82, 2.24) is 10.2 Å². The molecule has 2 heterocycles. The van der Waals surface area contributed by atoms with Gasteiger partial charge in [-0.1, -0.05) is 12.8 Å². The summed E-state index contributed by atoms with van der Waals surface area (Å²) in [7, 11) is 0. The van der Waals surface area contributed by atoms with Gasteiger partial charge in [-0.15, -0.1) is 0 Å². The van der Waals surface area contributed by atoms with Crippen molar-refractivity contribution in [2.24, 2.45) is 0 Å². The third-order valence-electron chi connectivity index (χ3n) is 3.14. The molecule has 0 aliphatic carbocycles. The number of nitrogens with zero attached hydrogens (tertiary/aromatic N) is 1. The van der Waals surface area contributed by atoms with Gasteiger partial charge in [0, 0.05) is 19.6 Å². The normalized spacial score (nSPS) is 28.5. The van der Waals surface area contributed by atoms with Crippen molar-refractivity contribution < 1.29 is 9.53 Å². The average molecular weight is 212 g/mol. The van der Waals surface area contributed by atoms with Crippen LogP contribution in [0, 0.1) is 0 Å². The summed E-state index contributed by atoms with van der Waals surface area (Å²) < 4.78 is 5.32. The highest BCUT2D eigenvalue weighted by atomic mass is 16.5. The number of hydrogen-bond donors (Lipinski definition) is 1. The highest BCUT2D eigenvalue weighted by molar-refractivity contribution is 5.82. The highest BCUT2D eigenvalue weighted by Crippen LogP contribution is 2.11. The van der Waals surface area contributed by atoms with Gasteiger partial charge in [0.05, 0.1) is 13.2 Å². The molecule has 0 bridgehead atoms. The van der Waals surface area contributed by atoms with E-state index in [9.17, 15) is 4.79 Å². The van der Waals surface area contributed by atoms with Gasteiger partial charge in [-0.25, -0.2) is 0 Å². The highest BCUT2D eigenvalue weighted by Gasteiger charge is 2.26.